The molecule has 1 unspecified atom stereocenters. The molecule has 1 N–H and O–H groups in total. The second kappa shape index (κ2) is 8.66. The summed E-state index contributed by atoms with van der Waals surface area (Å²) < 4.78 is 0. The molecule has 3 nitrogen and oxygen atoms in total. The summed E-state index contributed by atoms with van der Waals surface area (Å²) in [6, 6.07) is 0.683. The Hall–Kier alpha value is -0.570. The van der Waals surface area contributed by atoms with Gasteiger partial charge in [0, 0.05) is 19.0 Å². The van der Waals surface area contributed by atoms with Crippen molar-refractivity contribution in [1.29, 1.82) is 0 Å². The average Bonchev–Trinajstić information content (AvgIpc) is 2.35. The highest BCUT2D eigenvalue weighted by Gasteiger charge is 2.27. The molecule has 1 atom stereocenters. The average molecular weight is 283 g/mol. The van der Waals surface area contributed by atoms with Gasteiger partial charge >= 0.3 is 5.97 Å². The van der Waals surface area contributed by atoms with Crippen molar-refractivity contribution in [3.63, 3.8) is 0 Å². The standard InChI is InChI=1S/C17H33NO2/c1-13(2)10-16(11-14(3)4)18-9-5-6-15(12-18)7-8-17(19)20/h13-16H,5-12H2,1-4H3,(H,19,20). The number of piperidine rings is 1. The molecule has 20 heavy (non-hydrogen) atoms. The first kappa shape index (κ1) is 17.5. The van der Waals surface area contributed by atoms with Gasteiger partial charge in [0.1, 0.15) is 0 Å². The molecule has 1 rings (SSSR count). The van der Waals surface area contributed by atoms with Crippen LogP contribution in [0.4, 0.5) is 0 Å². The molecule has 1 saturated heterocycles. The number of likely N-dealkylation sites (tertiary alicyclic amines) is 1. The van der Waals surface area contributed by atoms with Gasteiger partial charge in [-0.05, 0) is 56.4 Å². The predicted octanol–water partition coefficient (Wildman–Crippen LogP) is 4.02. The van der Waals surface area contributed by atoms with E-state index >= 15 is 0 Å². The molecule has 0 aromatic carbocycles. The van der Waals surface area contributed by atoms with E-state index in [9.17, 15) is 4.79 Å². The summed E-state index contributed by atoms with van der Waals surface area (Å²) in [6.07, 6.45) is 6.16. The van der Waals surface area contributed by atoms with Gasteiger partial charge in [-0.15, -0.1) is 0 Å². The third kappa shape index (κ3) is 6.74. The third-order valence-corrected chi connectivity index (χ3v) is 4.32. The van der Waals surface area contributed by atoms with E-state index in [1.54, 1.807) is 0 Å². The molecule has 0 amide bonds. The number of carboxylic acids is 1. The fourth-order valence-corrected chi connectivity index (χ4v) is 3.47. The van der Waals surface area contributed by atoms with Crippen LogP contribution in [-0.4, -0.2) is 35.1 Å². The van der Waals surface area contributed by atoms with Crippen molar-refractivity contribution >= 4 is 5.97 Å². The highest BCUT2D eigenvalue weighted by atomic mass is 16.4. The lowest BCUT2D eigenvalue weighted by molar-refractivity contribution is -0.137. The number of nitrogens with zero attached hydrogens (tertiary/aromatic N) is 1. The summed E-state index contributed by atoms with van der Waals surface area (Å²) in [6.45, 7) is 11.5. The minimum atomic E-state index is -0.650. The molecule has 1 aliphatic heterocycles. The van der Waals surface area contributed by atoms with Gasteiger partial charge in [-0.2, -0.15) is 0 Å². The molecular formula is C17H33NO2. The van der Waals surface area contributed by atoms with Crippen molar-refractivity contribution in [3.05, 3.63) is 0 Å². The highest BCUT2D eigenvalue weighted by Crippen LogP contribution is 2.27. The van der Waals surface area contributed by atoms with Crippen LogP contribution >= 0.6 is 0 Å². The Morgan fingerprint density at radius 2 is 1.80 bits per heavy atom. The van der Waals surface area contributed by atoms with Crippen molar-refractivity contribution in [2.75, 3.05) is 13.1 Å². The Kier molecular flexibility index (Phi) is 7.57. The zero-order valence-electron chi connectivity index (χ0n) is 13.8. The normalized spacial score (nSPS) is 21.1. The maximum atomic E-state index is 10.7. The van der Waals surface area contributed by atoms with Crippen LogP contribution in [0.2, 0.25) is 0 Å². The van der Waals surface area contributed by atoms with Gasteiger partial charge in [-0.25, -0.2) is 0 Å². The lowest BCUT2D eigenvalue weighted by atomic mass is 9.88. The van der Waals surface area contributed by atoms with Gasteiger partial charge in [0.15, 0.2) is 0 Å². The molecule has 0 aliphatic carbocycles. The Morgan fingerprint density at radius 1 is 1.20 bits per heavy atom. The summed E-state index contributed by atoms with van der Waals surface area (Å²) in [5.41, 5.74) is 0. The number of hydrogen-bond donors (Lipinski definition) is 1. The van der Waals surface area contributed by atoms with Crippen LogP contribution in [0, 0.1) is 17.8 Å². The van der Waals surface area contributed by atoms with Crippen molar-refractivity contribution in [1.82, 2.24) is 4.90 Å². The van der Waals surface area contributed by atoms with E-state index in [1.165, 1.54) is 32.2 Å². The van der Waals surface area contributed by atoms with Gasteiger partial charge < -0.3 is 10.0 Å². The molecule has 0 spiro atoms. The summed E-state index contributed by atoms with van der Waals surface area (Å²) >= 11 is 0. The SMILES string of the molecule is CC(C)CC(CC(C)C)N1CCCC(CCC(=O)O)C1. The van der Waals surface area contributed by atoms with Crippen LogP contribution in [0.15, 0.2) is 0 Å². The van der Waals surface area contributed by atoms with Crippen molar-refractivity contribution in [3.8, 4) is 0 Å². The Morgan fingerprint density at radius 3 is 2.30 bits per heavy atom. The largest absolute Gasteiger partial charge is 0.481 e. The number of carboxylic acid groups (broad SMARTS) is 1. The molecule has 1 fully saturated rings. The maximum Gasteiger partial charge on any atom is 0.303 e. The fraction of sp³-hybridized carbons (Fsp3) is 0.941. The molecule has 1 heterocycles. The molecule has 0 aromatic rings. The Labute approximate surface area is 124 Å². The molecule has 0 aromatic heterocycles. The number of rotatable bonds is 8. The summed E-state index contributed by atoms with van der Waals surface area (Å²) in [7, 11) is 0. The van der Waals surface area contributed by atoms with E-state index in [1.807, 2.05) is 0 Å². The zero-order valence-corrected chi connectivity index (χ0v) is 13.8. The first-order valence-corrected chi connectivity index (χ1v) is 8.34. The van der Waals surface area contributed by atoms with Gasteiger partial charge in [0.25, 0.3) is 0 Å². The summed E-state index contributed by atoms with van der Waals surface area (Å²) in [5, 5.41) is 8.84. The molecule has 0 bridgehead atoms. The van der Waals surface area contributed by atoms with Crippen LogP contribution in [0.5, 0.6) is 0 Å². The molecule has 118 valence electrons. The first-order chi connectivity index (χ1) is 9.38. The molecule has 0 radical (unpaired) electrons. The quantitative estimate of drug-likeness (QED) is 0.731. The van der Waals surface area contributed by atoms with Gasteiger partial charge in [0.05, 0.1) is 0 Å². The van der Waals surface area contributed by atoms with E-state index in [0.29, 0.717) is 18.4 Å². The molecule has 0 saturated carbocycles. The number of carbonyl (C=O) groups is 1. The van der Waals surface area contributed by atoms with Crippen LogP contribution in [0.3, 0.4) is 0 Å². The zero-order chi connectivity index (χ0) is 15.1. The van der Waals surface area contributed by atoms with Crippen LogP contribution < -0.4 is 0 Å². The molecule has 1 aliphatic rings. The van der Waals surface area contributed by atoms with Gasteiger partial charge in [0.2, 0.25) is 0 Å². The van der Waals surface area contributed by atoms with E-state index < -0.39 is 5.97 Å². The summed E-state index contributed by atoms with van der Waals surface area (Å²) in [4.78, 5) is 13.4. The lowest BCUT2D eigenvalue weighted by Gasteiger charge is -2.40. The first-order valence-electron chi connectivity index (χ1n) is 8.34. The fourth-order valence-electron chi connectivity index (χ4n) is 3.47. The van der Waals surface area contributed by atoms with E-state index in [4.69, 9.17) is 5.11 Å². The summed E-state index contributed by atoms with van der Waals surface area (Å²) in [5.74, 6) is 1.40. The lowest BCUT2D eigenvalue weighted by Crippen LogP contribution is -2.44. The van der Waals surface area contributed by atoms with Gasteiger partial charge in [-0.1, -0.05) is 27.7 Å². The van der Waals surface area contributed by atoms with Crippen molar-refractivity contribution in [2.24, 2.45) is 17.8 Å². The molecule has 3 heteroatoms. The van der Waals surface area contributed by atoms with Crippen LogP contribution in [0.25, 0.3) is 0 Å². The van der Waals surface area contributed by atoms with Crippen LogP contribution in [0.1, 0.15) is 66.2 Å². The minimum Gasteiger partial charge on any atom is -0.481 e. The van der Waals surface area contributed by atoms with E-state index in [2.05, 4.69) is 32.6 Å². The topological polar surface area (TPSA) is 40.5 Å². The monoisotopic (exact) mass is 283 g/mol. The second-order valence-electron chi connectivity index (χ2n) is 7.35. The number of hydrogen-bond acceptors (Lipinski definition) is 2. The third-order valence-electron chi connectivity index (χ3n) is 4.32. The van der Waals surface area contributed by atoms with E-state index in [0.717, 1.165) is 24.8 Å². The molecular weight excluding hydrogens is 250 g/mol. The maximum absolute atomic E-state index is 10.7. The van der Waals surface area contributed by atoms with Crippen LogP contribution in [-0.2, 0) is 4.79 Å². The van der Waals surface area contributed by atoms with Crippen molar-refractivity contribution in [2.45, 2.75) is 72.3 Å². The predicted molar refractivity (Wildman–Crippen MR) is 83.9 cm³/mol. The van der Waals surface area contributed by atoms with Gasteiger partial charge in [-0.3, -0.25) is 4.79 Å². The minimum absolute atomic E-state index is 0.331. The second-order valence-corrected chi connectivity index (χ2v) is 7.35. The highest BCUT2D eigenvalue weighted by molar-refractivity contribution is 5.66. The van der Waals surface area contributed by atoms with E-state index in [-0.39, 0.29) is 0 Å². The van der Waals surface area contributed by atoms with Crippen molar-refractivity contribution < 1.29 is 9.90 Å². The number of aliphatic carboxylic acids is 1. The smallest absolute Gasteiger partial charge is 0.303 e. The Balaban J connectivity index is 2.53. The Bertz CT molecular complexity index is 279.